The Morgan fingerprint density at radius 2 is 1.96 bits per heavy atom. The summed E-state index contributed by atoms with van der Waals surface area (Å²) in [4.78, 5) is 10.8. The molecule has 0 spiro atoms. The first-order valence-corrected chi connectivity index (χ1v) is 7.86. The summed E-state index contributed by atoms with van der Waals surface area (Å²) in [7, 11) is 0. The van der Waals surface area contributed by atoms with Crippen molar-refractivity contribution in [2.75, 3.05) is 6.61 Å². The molecule has 140 valence electrons. The summed E-state index contributed by atoms with van der Waals surface area (Å²) in [5, 5.41) is 39.7. The molecule has 1 fully saturated rings. The maximum absolute atomic E-state index is 12.1. The number of halogens is 3. The Kier molecular flexibility index (Phi) is 6.19. The molecule has 2 heterocycles. The van der Waals surface area contributed by atoms with Crippen molar-refractivity contribution < 1.29 is 47.9 Å². The van der Waals surface area contributed by atoms with Gasteiger partial charge in [0.1, 0.15) is 24.4 Å². The molecule has 5 atom stereocenters. The zero-order chi connectivity index (χ0) is 18.8. The molecular formula is C14H15F3O7S. The smallest absolute Gasteiger partial charge is 0.452 e. The van der Waals surface area contributed by atoms with E-state index in [4.69, 9.17) is 14.6 Å². The Bertz CT molecular complexity index is 628. The summed E-state index contributed by atoms with van der Waals surface area (Å²) in [6.45, 7) is -0.622. The third-order valence-corrected chi connectivity index (χ3v) is 4.22. The fourth-order valence-corrected chi connectivity index (χ4v) is 2.78. The fraction of sp³-hybridized carbons (Fsp3) is 0.500. The van der Waals surface area contributed by atoms with Crippen molar-refractivity contribution in [1.82, 2.24) is 0 Å². The molecular weight excluding hydrogens is 369 g/mol. The number of carbonyl (C=O) groups excluding carboxylic acids is 1. The number of allylic oxidation sites excluding steroid dienone is 1. The van der Waals surface area contributed by atoms with E-state index in [0.717, 1.165) is 17.4 Å². The third kappa shape index (κ3) is 4.77. The minimum Gasteiger partial charge on any atom is -0.452 e. The Morgan fingerprint density at radius 1 is 1.28 bits per heavy atom. The van der Waals surface area contributed by atoms with Gasteiger partial charge in [0, 0.05) is 5.38 Å². The number of aliphatic hydroxyl groups excluding tert-OH is 4. The summed E-state index contributed by atoms with van der Waals surface area (Å²) < 4.78 is 46.8. The minimum absolute atomic E-state index is 0.128. The Hall–Kier alpha value is -1.50. The first-order valence-electron chi connectivity index (χ1n) is 6.98. The van der Waals surface area contributed by atoms with Crippen LogP contribution in [0, 0.1) is 0 Å². The van der Waals surface area contributed by atoms with Gasteiger partial charge in [-0.25, -0.2) is 0 Å². The number of rotatable bonds is 5. The van der Waals surface area contributed by atoms with E-state index in [1.54, 1.807) is 0 Å². The van der Waals surface area contributed by atoms with Crippen LogP contribution in [0.1, 0.15) is 5.56 Å². The van der Waals surface area contributed by atoms with Crippen LogP contribution in [0.3, 0.4) is 0 Å². The van der Waals surface area contributed by atoms with Crippen LogP contribution in [-0.2, 0) is 9.53 Å². The Labute approximate surface area is 143 Å². The third-order valence-electron chi connectivity index (χ3n) is 3.38. The second kappa shape index (κ2) is 7.81. The number of carbonyl (C=O) groups is 1. The van der Waals surface area contributed by atoms with Crippen molar-refractivity contribution >= 4 is 23.2 Å². The largest absolute Gasteiger partial charge is 0.454 e. The number of ether oxygens (including phenoxy) is 2. The van der Waals surface area contributed by atoms with Crippen LogP contribution >= 0.6 is 11.3 Å². The summed E-state index contributed by atoms with van der Waals surface area (Å²) in [5.74, 6) is -2.00. The molecule has 4 N–H and O–H groups in total. The van der Waals surface area contributed by atoms with Gasteiger partial charge in [0.15, 0.2) is 5.06 Å². The average Bonchev–Trinajstić information content (AvgIpc) is 2.99. The van der Waals surface area contributed by atoms with Crippen LogP contribution < -0.4 is 4.74 Å². The van der Waals surface area contributed by atoms with Gasteiger partial charge in [-0.1, -0.05) is 6.08 Å². The van der Waals surface area contributed by atoms with Gasteiger partial charge < -0.3 is 29.9 Å². The molecule has 11 heteroatoms. The van der Waals surface area contributed by atoms with E-state index in [-0.39, 0.29) is 10.6 Å². The molecule has 1 unspecified atom stereocenters. The van der Waals surface area contributed by atoms with Gasteiger partial charge in [-0.3, -0.25) is 4.79 Å². The van der Waals surface area contributed by atoms with Crippen LogP contribution in [0.25, 0.3) is 6.08 Å². The van der Waals surface area contributed by atoms with Crippen LogP contribution in [0.2, 0.25) is 0 Å². The van der Waals surface area contributed by atoms with Gasteiger partial charge in [0.2, 0.25) is 6.29 Å². The Balaban J connectivity index is 2.03. The highest BCUT2D eigenvalue weighted by atomic mass is 32.1. The number of ketones is 1. The topological polar surface area (TPSA) is 116 Å². The predicted molar refractivity (Wildman–Crippen MR) is 78.8 cm³/mol. The van der Waals surface area contributed by atoms with Crippen molar-refractivity contribution in [2.45, 2.75) is 36.9 Å². The Morgan fingerprint density at radius 3 is 2.56 bits per heavy atom. The van der Waals surface area contributed by atoms with E-state index in [1.807, 2.05) is 0 Å². The summed E-state index contributed by atoms with van der Waals surface area (Å²) >= 11 is 0.951. The van der Waals surface area contributed by atoms with E-state index in [0.29, 0.717) is 6.08 Å². The molecule has 25 heavy (non-hydrogen) atoms. The van der Waals surface area contributed by atoms with Crippen LogP contribution in [0.5, 0.6) is 5.06 Å². The van der Waals surface area contributed by atoms with Gasteiger partial charge in [0.25, 0.3) is 5.78 Å². The summed E-state index contributed by atoms with van der Waals surface area (Å²) in [5.41, 5.74) is 0.252. The van der Waals surface area contributed by atoms with E-state index in [2.05, 4.69) is 0 Å². The van der Waals surface area contributed by atoms with Crippen molar-refractivity contribution in [1.29, 1.82) is 0 Å². The zero-order valence-corrected chi connectivity index (χ0v) is 13.3. The second-order valence-corrected chi connectivity index (χ2v) is 6.08. The molecule has 7 nitrogen and oxygen atoms in total. The number of aliphatic hydroxyl groups is 4. The van der Waals surface area contributed by atoms with Crippen molar-refractivity contribution in [3.05, 3.63) is 23.1 Å². The predicted octanol–water partition coefficient (Wildman–Crippen LogP) is 0.0714. The van der Waals surface area contributed by atoms with Crippen LogP contribution in [0.15, 0.2) is 17.5 Å². The molecule has 2 rings (SSSR count). The lowest BCUT2D eigenvalue weighted by Crippen LogP contribution is -2.60. The average molecular weight is 384 g/mol. The number of thiophene rings is 1. The molecule has 1 aromatic rings. The van der Waals surface area contributed by atoms with Gasteiger partial charge >= 0.3 is 6.18 Å². The van der Waals surface area contributed by atoms with E-state index in [1.165, 1.54) is 11.4 Å². The normalized spacial score (nSPS) is 30.6. The van der Waals surface area contributed by atoms with E-state index < -0.39 is 49.3 Å². The maximum atomic E-state index is 12.1. The molecule has 0 bridgehead atoms. The zero-order valence-electron chi connectivity index (χ0n) is 12.5. The fourth-order valence-electron chi connectivity index (χ4n) is 2.03. The van der Waals surface area contributed by atoms with Gasteiger partial charge in [-0.15, -0.1) is 11.3 Å². The molecule has 1 aliphatic heterocycles. The number of hydrogen-bond donors (Lipinski definition) is 4. The lowest BCUT2D eigenvalue weighted by Gasteiger charge is -2.39. The molecule has 0 aliphatic carbocycles. The van der Waals surface area contributed by atoms with Crippen molar-refractivity contribution in [2.24, 2.45) is 0 Å². The van der Waals surface area contributed by atoms with Crippen LogP contribution in [-0.4, -0.2) is 69.7 Å². The molecule has 1 aromatic heterocycles. The highest BCUT2D eigenvalue weighted by molar-refractivity contribution is 7.12. The standard InChI is InChI=1S/C14H15F3O7S/c15-14(16,17)8(19)2-1-6-3-9(25-5-6)24-13-12(22)11(21)10(20)7(4-18)23-13/h1-3,5,7,10-13,18,20-22H,4H2/t7-,10+,11+,12-,13?/m1/s1. The molecule has 1 saturated heterocycles. The highest BCUT2D eigenvalue weighted by Crippen LogP contribution is 2.29. The first kappa shape index (κ1) is 19.8. The maximum Gasteiger partial charge on any atom is 0.454 e. The van der Waals surface area contributed by atoms with Gasteiger partial charge in [-0.05, 0) is 17.7 Å². The van der Waals surface area contributed by atoms with Gasteiger partial charge in [-0.2, -0.15) is 13.2 Å². The monoisotopic (exact) mass is 384 g/mol. The quantitative estimate of drug-likeness (QED) is 0.531. The van der Waals surface area contributed by atoms with E-state index in [9.17, 15) is 33.3 Å². The lowest BCUT2D eigenvalue weighted by molar-refractivity contribution is -0.276. The minimum atomic E-state index is -4.96. The molecule has 0 radical (unpaired) electrons. The second-order valence-electron chi connectivity index (χ2n) is 5.21. The first-order chi connectivity index (χ1) is 11.6. The summed E-state index contributed by atoms with van der Waals surface area (Å²) in [6, 6.07) is 1.30. The van der Waals surface area contributed by atoms with Crippen molar-refractivity contribution in [3.8, 4) is 5.06 Å². The van der Waals surface area contributed by atoms with Gasteiger partial charge in [0.05, 0.1) is 6.61 Å². The molecule has 0 aromatic carbocycles. The number of alkyl halides is 3. The van der Waals surface area contributed by atoms with Crippen LogP contribution in [0.4, 0.5) is 13.2 Å². The highest BCUT2D eigenvalue weighted by Gasteiger charge is 2.44. The molecule has 0 saturated carbocycles. The van der Waals surface area contributed by atoms with E-state index >= 15 is 0 Å². The number of hydrogen-bond acceptors (Lipinski definition) is 8. The lowest BCUT2D eigenvalue weighted by atomic mass is 9.99. The molecule has 1 aliphatic rings. The SMILES string of the molecule is O=C(C=Cc1csc(OC2O[C@H](CO)[C@H](O)[C@H](O)[C@H]2O)c1)C(F)(F)F. The molecule has 0 amide bonds. The van der Waals surface area contributed by atoms with Crippen molar-refractivity contribution in [3.63, 3.8) is 0 Å². The summed E-state index contributed by atoms with van der Waals surface area (Å²) in [6.07, 6.45) is -10.9.